The van der Waals surface area contributed by atoms with Crippen molar-refractivity contribution in [3.63, 3.8) is 0 Å². The number of furan rings is 1. The van der Waals surface area contributed by atoms with E-state index in [0.29, 0.717) is 0 Å². The van der Waals surface area contributed by atoms with Crippen LogP contribution in [-0.4, -0.2) is 11.5 Å². The van der Waals surface area contributed by atoms with Crippen molar-refractivity contribution in [3.05, 3.63) is 29.7 Å². The van der Waals surface area contributed by atoms with Gasteiger partial charge in [0.05, 0.1) is 6.20 Å². The van der Waals surface area contributed by atoms with Crippen LogP contribution >= 0.6 is 0 Å². The second kappa shape index (κ2) is 2.57. The second-order valence-corrected chi connectivity index (χ2v) is 3.22. The average molecular weight is 173 g/mol. The Morgan fingerprint density at radius 2 is 2.54 bits per heavy atom. The SMILES string of the molecule is [c]1ccc2c3c(oc2n1)CCNC3. The molecule has 1 N–H and O–H groups in total. The first-order chi connectivity index (χ1) is 6.45. The van der Waals surface area contributed by atoms with Gasteiger partial charge in [0.2, 0.25) is 5.71 Å². The summed E-state index contributed by atoms with van der Waals surface area (Å²) in [4.78, 5) is 4.07. The molecule has 0 spiro atoms. The van der Waals surface area contributed by atoms with Gasteiger partial charge >= 0.3 is 0 Å². The molecule has 3 rings (SSSR count). The van der Waals surface area contributed by atoms with Gasteiger partial charge in [0.1, 0.15) is 5.76 Å². The third-order valence-electron chi connectivity index (χ3n) is 2.43. The summed E-state index contributed by atoms with van der Waals surface area (Å²) in [7, 11) is 0. The molecule has 0 saturated carbocycles. The van der Waals surface area contributed by atoms with E-state index in [9.17, 15) is 0 Å². The molecule has 3 nitrogen and oxygen atoms in total. The van der Waals surface area contributed by atoms with Crippen molar-refractivity contribution in [2.75, 3.05) is 6.54 Å². The summed E-state index contributed by atoms with van der Waals surface area (Å²) in [5.41, 5.74) is 1.99. The van der Waals surface area contributed by atoms with E-state index in [0.717, 1.165) is 36.4 Å². The first-order valence-corrected chi connectivity index (χ1v) is 4.43. The summed E-state index contributed by atoms with van der Waals surface area (Å²) in [5.74, 6) is 1.08. The number of nitrogens with zero attached hydrogens (tertiary/aromatic N) is 1. The summed E-state index contributed by atoms with van der Waals surface area (Å²) >= 11 is 0. The lowest BCUT2D eigenvalue weighted by atomic mass is 10.1. The first kappa shape index (κ1) is 7.09. The Kier molecular flexibility index (Phi) is 1.40. The minimum Gasteiger partial charge on any atom is -0.442 e. The Morgan fingerprint density at radius 1 is 1.54 bits per heavy atom. The van der Waals surface area contributed by atoms with Gasteiger partial charge in [-0.05, 0) is 12.1 Å². The lowest BCUT2D eigenvalue weighted by molar-refractivity contribution is 0.495. The topological polar surface area (TPSA) is 38.1 Å². The molecule has 0 aromatic carbocycles. The van der Waals surface area contributed by atoms with E-state index in [4.69, 9.17) is 4.42 Å². The predicted molar refractivity (Wildman–Crippen MR) is 48.3 cm³/mol. The van der Waals surface area contributed by atoms with Crippen molar-refractivity contribution in [1.82, 2.24) is 10.3 Å². The van der Waals surface area contributed by atoms with Crippen molar-refractivity contribution in [2.24, 2.45) is 0 Å². The molecule has 65 valence electrons. The number of rotatable bonds is 0. The van der Waals surface area contributed by atoms with E-state index >= 15 is 0 Å². The molecule has 0 saturated heterocycles. The average Bonchev–Trinajstić information content (AvgIpc) is 2.56. The van der Waals surface area contributed by atoms with Crippen molar-refractivity contribution in [2.45, 2.75) is 13.0 Å². The molecule has 0 bridgehead atoms. The molecule has 1 aliphatic rings. The molecule has 13 heavy (non-hydrogen) atoms. The zero-order valence-electron chi connectivity index (χ0n) is 7.13. The second-order valence-electron chi connectivity index (χ2n) is 3.22. The number of fused-ring (bicyclic) bond motifs is 3. The fourth-order valence-electron chi connectivity index (χ4n) is 1.80. The molecule has 0 atom stereocenters. The standard InChI is InChI=1S/C10H9N2O/c1-2-7-8-6-11-5-3-9(8)13-10(7)12-4-1/h1-2,11H,3,5-6H2. The molecule has 2 aromatic rings. The molecular formula is C10H9N2O. The monoisotopic (exact) mass is 173 g/mol. The van der Waals surface area contributed by atoms with Gasteiger partial charge in [-0.1, -0.05) is 0 Å². The third kappa shape index (κ3) is 0.971. The Morgan fingerprint density at radius 3 is 3.54 bits per heavy atom. The highest BCUT2D eigenvalue weighted by Crippen LogP contribution is 2.25. The molecule has 2 aromatic heterocycles. The van der Waals surface area contributed by atoms with E-state index < -0.39 is 0 Å². The number of nitrogens with one attached hydrogen (secondary N) is 1. The van der Waals surface area contributed by atoms with Crippen molar-refractivity contribution >= 4 is 11.1 Å². The fourth-order valence-corrected chi connectivity index (χ4v) is 1.80. The van der Waals surface area contributed by atoms with E-state index in [1.807, 2.05) is 12.1 Å². The minimum absolute atomic E-state index is 0.719. The van der Waals surface area contributed by atoms with Crippen LogP contribution in [0.3, 0.4) is 0 Å². The van der Waals surface area contributed by atoms with Gasteiger partial charge in [0.15, 0.2) is 0 Å². The van der Waals surface area contributed by atoms with E-state index in [2.05, 4.69) is 16.5 Å². The third-order valence-corrected chi connectivity index (χ3v) is 2.43. The smallest absolute Gasteiger partial charge is 0.227 e. The molecular weight excluding hydrogens is 164 g/mol. The summed E-state index contributed by atoms with van der Waals surface area (Å²) in [6.45, 7) is 1.89. The van der Waals surface area contributed by atoms with E-state index in [1.165, 1.54) is 5.56 Å². The highest BCUT2D eigenvalue weighted by atomic mass is 16.3. The van der Waals surface area contributed by atoms with Crippen LogP contribution in [0.1, 0.15) is 11.3 Å². The van der Waals surface area contributed by atoms with Crippen LogP contribution in [0.2, 0.25) is 0 Å². The summed E-state index contributed by atoms with van der Waals surface area (Å²) < 4.78 is 5.61. The molecule has 1 radical (unpaired) electrons. The quantitative estimate of drug-likeness (QED) is 0.652. The molecule has 3 heterocycles. The van der Waals surface area contributed by atoms with Crippen LogP contribution in [0.4, 0.5) is 0 Å². The lowest BCUT2D eigenvalue weighted by Crippen LogP contribution is -2.22. The zero-order chi connectivity index (χ0) is 8.67. The van der Waals surface area contributed by atoms with Crippen LogP contribution < -0.4 is 5.32 Å². The summed E-state index contributed by atoms with van der Waals surface area (Å²) in [5, 5.41) is 4.45. The van der Waals surface area contributed by atoms with Crippen LogP contribution in [0.5, 0.6) is 0 Å². The number of hydrogen-bond acceptors (Lipinski definition) is 3. The predicted octanol–water partition coefficient (Wildman–Crippen LogP) is 1.27. The Labute approximate surface area is 75.8 Å². The fraction of sp³-hybridized carbons (Fsp3) is 0.300. The summed E-state index contributed by atoms with van der Waals surface area (Å²) in [6.07, 6.45) is 3.74. The van der Waals surface area contributed by atoms with E-state index in [1.54, 1.807) is 0 Å². The van der Waals surface area contributed by atoms with Crippen LogP contribution in [-0.2, 0) is 13.0 Å². The molecule has 0 fully saturated rings. The van der Waals surface area contributed by atoms with Gasteiger partial charge in [-0.15, -0.1) is 0 Å². The first-order valence-electron chi connectivity index (χ1n) is 4.43. The van der Waals surface area contributed by atoms with E-state index in [-0.39, 0.29) is 0 Å². The summed E-state index contributed by atoms with van der Waals surface area (Å²) in [6, 6.07) is 3.84. The Balaban J connectivity index is 2.34. The maximum Gasteiger partial charge on any atom is 0.227 e. The van der Waals surface area contributed by atoms with Gasteiger partial charge < -0.3 is 9.73 Å². The van der Waals surface area contributed by atoms with Gasteiger partial charge in [-0.3, -0.25) is 0 Å². The highest BCUT2D eigenvalue weighted by Gasteiger charge is 2.17. The molecule has 3 heteroatoms. The maximum absolute atomic E-state index is 5.61. The van der Waals surface area contributed by atoms with Crippen LogP contribution in [0, 0.1) is 6.20 Å². The number of aromatic nitrogens is 1. The molecule has 1 aliphatic heterocycles. The highest BCUT2D eigenvalue weighted by molar-refractivity contribution is 5.78. The maximum atomic E-state index is 5.61. The molecule has 0 aliphatic carbocycles. The van der Waals surface area contributed by atoms with Crippen LogP contribution in [0.15, 0.2) is 16.5 Å². The van der Waals surface area contributed by atoms with Crippen molar-refractivity contribution < 1.29 is 4.42 Å². The van der Waals surface area contributed by atoms with Crippen molar-refractivity contribution in [1.29, 1.82) is 0 Å². The molecule has 0 unspecified atom stereocenters. The largest absolute Gasteiger partial charge is 0.442 e. The molecule has 0 amide bonds. The van der Waals surface area contributed by atoms with Gasteiger partial charge in [0.25, 0.3) is 0 Å². The van der Waals surface area contributed by atoms with Gasteiger partial charge in [0, 0.05) is 30.5 Å². The lowest BCUT2D eigenvalue weighted by Gasteiger charge is -2.10. The Hall–Kier alpha value is -1.35. The Bertz CT molecular complexity index is 447. The van der Waals surface area contributed by atoms with Gasteiger partial charge in [-0.25, -0.2) is 4.98 Å². The normalized spacial score (nSPS) is 16.0. The van der Waals surface area contributed by atoms with Crippen molar-refractivity contribution in [3.8, 4) is 0 Å². The van der Waals surface area contributed by atoms with Crippen LogP contribution in [0.25, 0.3) is 11.1 Å². The van der Waals surface area contributed by atoms with Gasteiger partial charge in [-0.2, -0.15) is 0 Å². The number of pyridine rings is 1. The zero-order valence-corrected chi connectivity index (χ0v) is 7.13. The minimum atomic E-state index is 0.719. The number of hydrogen-bond donors (Lipinski definition) is 1.